The van der Waals surface area contributed by atoms with E-state index in [-0.39, 0.29) is 5.91 Å². The molecular formula is C16H17N5O. The van der Waals surface area contributed by atoms with E-state index in [4.69, 9.17) is 0 Å². The van der Waals surface area contributed by atoms with E-state index in [9.17, 15) is 4.79 Å². The highest BCUT2D eigenvalue weighted by Gasteiger charge is 2.20. The number of pyridine rings is 1. The van der Waals surface area contributed by atoms with Crippen LogP contribution in [0.3, 0.4) is 0 Å². The first-order valence-electron chi connectivity index (χ1n) is 7.51. The SMILES string of the molecule is Cc1c(C(=O)NCc2n[nH]c3c2CCC3)nc2ccccn12. The summed E-state index contributed by atoms with van der Waals surface area (Å²) in [6, 6.07) is 5.73. The van der Waals surface area contributed by atoms with Crippen molar-refractivity contribution in [1.29, 1.82) is 0 Å². The molecular weight excluding hydrogens is 278 g/mol. The number of nitrogens with zero attached hydrogens (tertiary/aromatic N) is 3. The lowest BCUT2D eigenvalue weighted by Crippen LogP contribution is -2.24. The summed E-state index contributed by atoms with van der Waals surface area (Å²) in [6.07, 6.45) is 5.18. The molecule has 3 aromatic heterocycles. The van der Waals surface area contributed by atoms with E-state index in [0.717, 1.165) is 36.3 Å². The summed E-state index contributed by atoms with van der Waals surface area (Å²) in [4.78, 5) is 16.8. The second-order valence-electron chi connectivity index (χ2n) is 5.64. The number of hydrogen-bond donors (Lipinski definition) is 2. The van der Waals surface area contributed by atoms with Crippen LogP contribution in [-0.4, -0.2) is 25.5 Å². The first-order chi connectivity index (χ1) is 10.7. The van der Waals surface area contributed by atoms with Crippen LogP contribution in [0.4, 0.5) is 0 Å². The van der Waals surface area contributed by atoms with Gasteiger partial charge in [0.05, 0.1) is 17.9 Å². The third-order valence-electron chi connectivity index (χ3n) is 4.29. The molecule has 3 aromatic rings. The van der Waals surface area contributed by atoms with Crippen LogP contribution in [0.2, 0.25) is 0 Å². The standard InChI is InChI=1S/C16H17N5O/c1-10-15(18-14-7-2-3-8-21(10)14)16(22)17-9-13-11-5-4-6-12(11)19-20-13/h2-3,7-8H,4-6,9H2,1H3,(H,17,22)(H,19,20). The number of aromatic nitrogens is 4. The molecule has 112 valence electrons. The highest BCUT2D eigenvalue weighted by molar-refractivity contribution is 5.94. The molecule has 22 heavy (non-hydrogen) atoms. The van der Waals surface area contributed by atoms with E-state index in [2.05, 4.69) is 20.5 Å². The van der Waals surface area contributed by atoms with Crippen molar-refractivity contribution in [1.82, 2.24) is 24.9 Å². The number of carbonyl (C=O) groups is 1. The van der Waals surface area contributed by atoms with Crippen LogP contribution in [0.5, 0.6) is 0 Å². The summed E-state index contributed by atoms with van der Waals surface area (Å²) in [6.45, 7) is 2.35. The Morgan fingerprint density at radius 3 is 3.18 bits per heavy atom. The second-order valence-corrected chi connectivity index (χ2v) is 5.64. The van der Waals surface area contributed by atoms with Gasteiger partial charge in [0.25, 0.3) is 5.91 Å². The van der Waals surface area contributed by atoms with Crippen molar-refractivity contribution in [2.75, 3.05) is 0 Å². The zero-order valence-electron chi connectivity index (χ0n) is 12.4. The lowest BCUT2D eigenvalue weighted by atomic mass is 10.2. The highest BCUT2D eigenvalue weighted by atomic mass is 16.1. The summed E-state index contributed by atoms with van der Waals surface area (Å²) < 4.78 is 1.92. The molecule has 2 N–H and O–H groups in total. The molecule has 0 saturated heterocycles. The summed E-state index contributed by atoms with van der Waals surface area (Å²) in [5.74, 6) is -0.157. The minimum Gasteiger partial charge on any atom is -0.345 e. The van der Waals surface area contributed by atoms with Gasteiger partial charge in [-0.3, -0.25) is 9.89 Å². The van der Waals surface area contributed by atoms with Gasteiger partial charge in [-0.05, 0) is 43.9 Å². The zero-order chi connectivity index (χ0) is 15.1. The van der Waals surface area contributed by atoms with Crippen molar-refractivity contribution in [2.24, 2.45) is 0 Å². The monoisotopic (exact) mass is 295 g/mol. The Hall–Kier alpha value is -2.63. The maximum atomic E-state index is 12.4. The Bertz CT molecular complexity index is 861. The van der Waals surface area contributed by atoms with E-state index in [0.29, 0.717) is 12.2 Å². The number of imidazole rings is 1. The van der Waals surface area contributed by atoms with Gasteiger partial charge >= 0.3 is 0 Å². The van der Waals surface area contributed by atoms with Gasteiger partial charge in [0.1, 0.15) is 11.3 Å². The summed E-state index contributed by atoms with van der Waals surface area (Å²) >= 11 is 0. The molecule has 3 heterocycles. The van der Waals surface area contributed by atoms with Gasteiger partial charge in [0, 0.05) is 11.9 Å². The maximum Gasteiger partial charge on any atom is 0.272 e. The van der Waals surface area contributed by atoms with Crippen LogP contribution >= 0.6 is 0 Å². The lowest BCUT2D eigenvalue weighted by Gasteiger charge is -2.03. The number of hydrogen-bond acceptors (Lipinski definition) is 3. The van der Waals surface area contributed by atoms with Crippen LogP contribution in [-0.2, 0) is 19.4 Å². The second kappa shape index (κ2) is 4.98. The number of fused-ring (bicyclic) bond motifs is 2. The van der Waals surface area contributed by atoms with E-state index >= 15 is 0 Å². The third kappa shape index (κ3) is 1.99. The Kier molecular flexibility index (Phi) is 2.96. The van der Waals surface area contributed by atoms with Gasteiger partial charge in [-0.25, -0.2) is 4.98 Å². The molecule has 0 radical (unpaired) electrons. The van der Waals surface area contributed by atoms with Crippen LogP contribution in [0.1, 0.15) is 39.6 Å². The van der Waals surface area contributed by atoms with Crippen molar-refractivity contribution >= 4 is 11.6 Å². The lowest BCUT2D eigenvalue weighted by molar-refractivity contribution is 0.0945. The average Bonchev–Trinajstić information content (AvgIpc) is 3.20. The molecule has 6 heteroatoms. The van der Waals surface area contributed by atoms with E-state index in [1.54, 1.807) is 0 Å². The summed E-state index contributed by atoms with van der Waals surface area (Å²) in [5.41, 5.74) is 5.53. The van der Waals surface area contributed by atoms with Gasteiger partial charge in [-0.15, -0.1) is 0 Å². The normalized spacial score (nSPS) is 13.5. The predicted molar refractivity (Wildman–Crippen MR) is 81.7 cm³/mol. The fourth-order valence-corrected chi connectivity index (χ4v) is 3.12. The fraction of sp³-hybridized carbons (Fsp3) is 0.312. The van der Waals surface area contributed by atoms with E-state index in [1.165, 1.54) is 11.3 Å². The molecule has 1 amide bonds. The number of rotatable bonds is 3. The maximum absolute atomic E-state index is 12.4. The quantitative estimate of drug-likeness (QED) is 0.773. The zero-order valence-corrected chi connectivity index (χ0v) is 12.4. The minimum absolute atomic E-state index is 0.157. The van der Waals surface area contributed by atoms with Crippen LogP contribution < -0.4 is 5.32 Å². The van der Waals surface area contributed by atoms with Crippen molar-refractivity contribution in [2.45, 2.75) is 32.7 Å². The average molecular weight is 295 g/mol. The third-order valence-corrected chi connectivity index (χ3v) is 4.29. The fourth-order valence-electron chi connectivity index (χ4n) is 3.12. The molecule has 1 aliphatic carbocycles. The van der Waals surface area contributed by atoms with Crippen LogP contribution in [0.25, 0.3) is 5.65 Å². The van der Waals surface area contributed by atoms with Crippen LogP contribution in [0.15, 0.2) is 24.4 Å². The molecule has 0 unspecified atom stereocenters. The molecule has 4 rings (SSSR count). The summed E-state index contributed by atoms with van der Waals surface area (Å²) in [7, 11) is 0. The number of amides is 1. The number of nitrogens with one attached hydrogen (secondary N) is 2. The Morgan fingerprint density at radius 1 is 1.41 bits per heavy atom. The van der Waals surface area contributed by atoms with Gasteiger partial charge in [0.15, 0.2) is 0 Å². The molecule has 1 aliphatic rings. The smallest absolute Gasteiger partial charge is 0.272 e. The number of H-pyrrole nitrogens is 1. The van der Waals surface area contributed by atoms with E-state index < -0.39 is 0 Å². The molecule has 0 saturated carbocycles. The summed E-state index contributed by atoms with van der Waals surface area (Å²) in [5, 5.41) is 10.3. The molecule has 0 fully saturated rings. The molecule has 0 bridgehead atoms. The molecule has 0 aromatic carbocycles. The number of carbonyl (C=O) groups excluding carboxylic acids is 1. The van der Waals surface area contributed by atoms with Gasteiger partial charge in [-0.1, -0.05) is 6.07 Å². The Labute approximate surface area is 127 Å². The Morgan fingerprint density at radius 2 is 2.32 bits per heavy atom. The first-order valence-corrected chi connectivity index (χ1v) is 7.51. The highest BCUT2D eigenvalue weighted by Crippen LogP contribution is 2.22. The van der Waals surface area contributed by atoms with Gasteiger partial charge < -0.3 is 9.72 Å². The molecule has 0 spiro atoms. The van der Waals surface area contributed by atoms with E-state index in [1.807, 2.05) is 35.7 Å². The molecule has 0 atom stereocenters. The van der Waals surface area contributed by atoms with Crippen molar-refractivity contribution in [3.05, 3.63) is 52.7 Å². The first kappa shape index (κ1) is 13.1. The van der Waals surface area contributed by atoms with Gasteiger partial charge in [-0.2, -0.15) is 5.10 Å². The predicted octanol–water partition coefficient (Wildman–Crippen LogP) is 1.78. The van der Waals surface area contributed by atoms with Crippen molar-refractivity contribution in [3.63, 3.8) is 0 Å². The van der Waals surface area contributed by atoms with Crippen molar-refractivity contribution in [3.8, 4) is 0 Å². The Balaban J connectivity index is 1.55. The molecule has 0 aliphatic heterocycles. The largest absolute Gasteiger partial charge is 0.345 e. The van der Waals surface area contributed by atoms with Gasteiger partial charge in [0.2, 0.25) is 0 Å². The topological polar surface area (TPSA) is 75.1 Å². The number of aryl methyl sites for hydroxylation is 2. The van der Waals surface area contributed by atoms with Crippen LogP contribution in [0, 0.1) is 6.92 Å². The minimum atomic E-state index is -0.157. The van der Waals surface area contributed by atoms with Crippen molar-refractivity contribution < 1.29 is 4.79 Å². The number of aromatic amines is 1. The molecule has 6 nitrogen and oxygen atoms in total.